The van der Waals surface area contributed by atoms with E-state index >= 15 is 0 Å². The topological polar surface area (TPSA) is 86.3 Å². The van der Waals surface area contributed by atoms with E-state index in [-0.39, 0.29) is 29.7 Å². The Morgan fingerprint density at radius 2 is 1.76 bits per heavy atom. The molecule has 0 bridgehead atoms. The number of nitrogens with zero attached hydrogens (tertiary/aromatic N) is 5. The van der Waals surface area contributed by atoms with Gasteiger partial charge >= 0.3 is 0 Å². The van der Waals surface area contributed by atoms with Crippen LogP contribution >= 0.6 is 0 Å². The molecule has 0 aliphatic carbocycles. The first-order valence-corrected chi connectivity index (χ1v) is 12.8. The molecule has 0 atom stereocenters. The second-order valence-corrected chi connectivity index (χ2v) is 10.4. The van der Waals surface area contributed by atoms with Gasteiger partial charge in [0.15, 0.2) is 0 Å². The Hall–Kier alpha value is -2.60. The van der Waals surface area contributed by atoms with Gasteiger partial charge < -0.3 is 14.5 Å². The third-order valence-corrected chi connectivity index (χ3v) is 8.06. The lowest BCUT2D eigenvalue weighted by molar-refractivity contribution is -0.131. The number of ether oxygens (including phenoxy) is 1. The smallest absolute Gasteiger partial charge is 0.244 e. The summed E-state index contributed by atoms with van der Waals surface area (Å²) in [5.74, 6) is 0.336. The first kappa shape index (κ1) is 24.5. The number of sulfonamides is 1. The Kier molecular flexibility index (Phi) is 7.77. The largest absolute Gasteiger partial charge is 0.379 e. The molecule has 11 heteroatoms. The number of rotatable bonds is 7. The Morgan fingerprint density at radius 3 is 2.41 bits per heavy atom. The molecule has 2 fully saturated rings. The van der Waals surface area contributed by atoms with Crippen molar-refractivity contribution in [2.24, 2.45) is 0 Å². The number of morpholine rings is 1. The maximum atomic E-state index is 13.9. The number of pyridine rings is 1. The number of halogens is 1. The van der Waals surface area contributed by atoms with Gasteiger partial charge in [-0.05, 0) is 18.2 Å². The third-order valence-electron chi connectivity index (χ3n) is 6.17. The molecule has 34 heavy (non-hydrogen) atoms. The fourth-order valence-corrected chi connectivity index (χ4v) is 5.42. The van der Waals surface area contributed by atoms with Crippen LogP contribution in [0.3, 0.4) is 0 Å². The molecule has 0 unspecified atom stereocenters. The van der Waals surface area contributed by atoms with Gasteiger partial charge in [-0.3, -0.25) is 9.69 Å². The Labute approximate surface area is 199 Å². The standard InChI is InChI=1S/C23H30FN5O4S/c1-26(17-19-4-2-3-5-21(19)24)23(30)18-27-8-10-28(11-9-27)22-7-6-20(16-25-22)34(31,32)29-12-14-33-15-13-29/h2-7,16H,8-15,17-18H2,1H3. The second-order valence-electron chi connectivity index (χ2n) is 8.47. The Morgan fingerprint density at radius 1 is 1.06 bits per heavy atom. The van der Waals surface area contributed by atoms with Gasteiger partial charge in [-0.2, -0.15) is 4.31 Å². The van der Waals surface area contributed by atoms with E-state index in [1.54, 1.807) is 42.3 Å². The zero-order valence-electron chi connectivity index (χ0n) is 19.3. The zero-order valence-corrected chi connectivity index (χ0v) is 20.1. The molecule has 2 aromatic rings. The van der Waals surface area contributed by atoms with Crippen LogP contribution in [0.5, 0.6) is 0 Å². The molecule has 2 aliphatic rings. The first-order valence-electron chi connectivity index (χ1n) is 11.3. The summed E-state index contributed by atoms with van der Waals surface area (Å²) in [4.78, 5) is 22.9. The number of aromatic nitrogens is 1. The second kappa shape index (κ2) is 10.8. The van der Waals surface area contributed by atoms with Crippen molar-refractivity contribution in [3.05, 3.63) is 54.0 Å². The summed E-state index contributed by atoms with van der Waals surface area (Å²) in [6.45, 7) is 4.69. The van der Waals surface area contributed by atoms with Crippen LogP contribution in [0.4, 0.5) is 10.2 Å². The van der Waals surface area contributed by atoms with Crippen LogP contribution < -0.4 is 4.90 Å². The van der Waals surface area contributed by atoms with Crippen molar-refractivity contribution in [3.63, 3.8) is 0 Å². The summed E-state index contributed by atoms with van der Waals surface area (Å²) in [7, 11) is -1.88. The highest BCUT2D eigenvalue weighted by Crippen LogP contribution is 2.20. The first-order chi connectivity index (χ1) is 16.3. The molecule has 1 aromatic heterocycles. The monoisotopic (exact) mass is 491 g/mol. The summed E-state index contributed by atoms with van der Waals surface area (Å²) < 4.78 is 46.0. The maximum Gasteiger partial charge on any atom is 0.244 e. The molecule has 3 heterocycles. The Bertz CT molecular complexity index is 1080. The van der Waals surface area contributed by atoms with Crippen LogP contribution in [-0.2, 0) is 26.1 Å². The number of benzene rings is 1. The van der Waals surface area contributed by atoms with Gasteiger partial charge in [0, 0.05) is 64.6 Å². The normalized spacial score (nSPS) is 18.1. The van der Waals surface area contributed by atoms with Crippen LogP contribution in [0.1, 0.15) is 5.56 Å². The minimum Gasteiger partial charge on any atom is -0.379 e. The van der Waals surface area contributed by atoms with Crippen molar-refractivity contribution in [2.75, 3.05) is 71.0 Å². The highest BCUT2D eigenvalue weighted by molar-refractivity contribution is 7.89. The van der Waals surface area contributed by atoms with Crippen molar-refractivity contribution in [1.82, 2.24) is 19.1 Å². The van der Waals surface area contributed by atoms with Crippen molar-refractivity contribution in [2.45, 2.75) is 11.4 Å². The summed E-state index contributed by atoms with van der Waals surface area (Å²) >= 11 is 0. The lowest BCUT2D eigenvalue weighted by Crippen LogP contribution is -2.49. The van der Waals surface area contributed by atoms with Crippen LogP contribution in [0.2, 0.25) is 0 Å². The lowest BCUT2D eigenvalue weighted by atomic mass is 10.2. The van der Waals surface area contributed by atoms with E-state index < -0.39 is 10.0 Å². The van der Waals surface area contributed by atoms with E-state index in [0.717, 1.165) is 0 Å². The van der Waals surface area contributed by atoms with Crippen LogP contribution in [0, 0.1) is 5.82 Å². The molecule has 0 spiro atoms. The van der Waals surface area contributed by atoms with Gasteiger partial charge in [-0.25, -0.2) is 17.8 Å². The molecule has 2 saturated heterocycles. The average molecular weight is 492 g/mol. The fourth-order valence-electron chi connectivity index (χ4n) is 4.07. The van der Waals surface area contributed by atoms with Gasteiger partial charge in [0.2, 0.25) is 15.9 Å². The average Bonchev–Trinajstić information content (AvgIpc) is 2.86. The van der Waals surface area contributed by atoms with Gasteiger partial charge in [-0.1, -0.05) is 18.2 Å². The van der Waals surface area contributed by atoms with Crippen molar-refractivity contribution in [1.29, 1.82) is 0 Å². The number of amides is 1. The van der Waals surface area contributed by atoms with E-state index in [4.69, 9.17) is 4.74 Å². The van der Waals surface area contributed by atoms with Gasteiger partial charge in [0.25, 0.3) is 0 Å². The van der Waals surface area contributed by atoms with Gasteiger partial charge in [0.05, 0.1) is 19.8 Å². The summed E-state index contributed by atoms with van der Waals surface area (Å²) in [6.07, 6.45) is 1.41. The quantitative estimate of drug-likeness (QED) is 0.572. The minimum atomic E-state index is -3.57. The van der Waals surface area contributed by atoms with E-state index in [0.29, 0.717) is 63.9 Å². The zero-order chi connectivity index (χ0) is 24.1. The molecule has 0 radical (unpaired) electrons. The van der Waals surface area contributed by atoms with Crippen molar-refractivity contribution < 1.29 is 22.3 Å². The fraction of sp³-hybridized carbons (Fsp3) is 0.478. The van der Waals surface area contributed by atoms with Crippen LogP contribution in [-0.4, -0.2) is 99.5 Å². The molecule has 4 rings (SSSR count). The number of likely N-dealkylation sites (N-methyl/N-ethyl adjacent to an activating group) is 1. The SMILES string of the molecule is CN(Cc1ccccc1F)C(=O)CN1CCN(c2ccc(S(=O)(=O)N3CCOCC3)cn2)CC1. The molecule has 1 amide bonds. The highest BCUT2D eigenvalue weighted by Gasteiger charge is 2.27. The molecular formula is C23H30FN5O4S. The lowest BCUT2D eigenvalue weighted by Gasteiger charge is -2.35. The van der Waals surface area contributed by atoms with Crippen LogP contribution in [0.15, 0.2) is 47.5 Å². The maximum absolute atomic E-state index is 13.9. The molecule has 0 saturated carbocycles. The van der Waals surface area contributed by atoms with Gasteiger partial charge in [-0.15, -0.1) is 0 Å². The molecular weight excluding hydrogens is 461 g/mol. The summed E-state index contributed by atoms with van der Waals surface area (Å²) in [5, 5.41) is 0. The number of hydrogen-bond acceptors (Lipinski definition) is 7. The minimum absolute atomic E-state index is 0.0625. The van der Waals surface area contributed by atoms with Crippen LogP contribution in [0.25, 0.3) is 0 Å². The third kappa shape index (κ3) is 5.72. The van der Waals surface area contributed by atoms with Crippen molar-refractivity contribution in [3.8, 4) is 0 Å². The molecule has 1 aromatic carbocycles. The predicted molar refractivity (Wildman–Crippen MR) is 125 cm³/mol. The number of anilines is 1. The number of carbonyl (C=O) groups excluding carboxylic acids is 1. The van der Waals surface area contributed by atoms with Gasteiger partial charge in [0.1, 0.15) is 16.5 Å². The molecule has 0 N–H and O–H groups in total. The highest BCUT2D eigenvalue weighted by atomic mass is 32.2. The molecule has 9 nitrogen and oxygen atoms in total. The van der Waals surface area contributed by atoms with E-state index in [2.05, 4.69) is 14.8 Å². The van der Waals surface area contributed by atoms with Crippen molar-refractivity contribution >= 4 is 21.7 Å². The Balaban J connectivity index is 1.28. The predicted octanol–water partition coefficient (Wildman–Crippen LogP) is 1.02. The molecule has 184 valence electrons. The summed E-state index contributed by atoms with van der Waals surface area (Å²) in [6, 6.07) is 9.80. The van der Waals surface area contributed by atoms with E-state index in [1.807, 2.05) is 0 Å². The molecule has 2 aliphatic heterocycles. The number of hydrogen-bond donors (Lipinski definition) is 0. The number of piperazine rings is 1. The van der Waals surface area contributed by atoms with E-state index in [9.17, 15) is 17.6 Å². The van der Waals surface area contributed by atoms with E-state index in [1.165, 1.54) is 16.6 Å². The summed E-state index contributed by atoms with van der Waals surface area (Å²) in [5.41, 5.74) is 0.494. The number of carbonyl (C=O) groups is 1.